The van der Waals surface area contributed by atoms with Crippen molar-refractivity contribution < 1.29 is 22.7 Å². The van der Waals surface area contributed by atoms with Gasteiger partial charge in [0, 0.05) is 17.0 Å². The van der Waals surface area contributed by atoms with Crippen LogP contribution in [0.25, 0.3) is 11.0 Å². The molecule has 0 saturated heterocycles. The van der Waals surface area contributed by atoms with Crippen LogP contribution in [0.15, 0.2) is 98.6 Å². The molecule has 0 saturated carbocycles. The lowest BCUT2D eigenvalue weighted by Gasteiger charge is -2.05. The smallest absolute Gasteiger partial charge is 0.282 e. The van der Waals surface area contributed by atoms with Gasteiger partial charge in [0.25, 0.3) is 10.0 Å². The van der Waals surface area contributed by atoms with Crippen LogP contribution in [0.1, 0.15) is 16.1 Å². The Morgan fingerprint density at radius 1 is 0.862 bits per heavy atom. The number of carbonyl (C=O) groups is 1. The SMILES string of the molecule is O=C(c1ccc(O)cc1)c1c/c(=N\S(=O)(=O)c2ccccc2)c2ccccc2o1. The number of phenolic OH excluding ortho intramolecular Hbond substituents is 1. The average molecular weight is 405 g/mol. The molecule has 4 aromatic rings. The van der Waals surface area contributed by atoms with Crippen molar-refractivity contribution in [2.75, 3.05) is 0 Å². The van der Waals surface area contributed by atoms with Crippen molar-refractivity contribution in [2.24, 2.45) is 4.40 Å². The summed E-state index contributed by atoms with van der Waals surface area (Å²) in [6.07, 6.45) is 0. The van der Waals surface area contributed by atoms with Crippen molar-refractivity contribution >= 4 is 26.8 Å². The molecule has 0 aliphatic carbocycles. The third-order valence-corrected chi connectivity index (χ3v) is 5.57. The van der Waals surface area contributed by atoms with Crippen LogP contribution in [0.2, 0.25) is 0 Å². The zero-order chi connectivity index (χ0) is 20.4. The number of nitrogens with zero attached hydrogens (tertiary/aromatic N) is 1. The van der Waals surface area contributed by atoms with Crippen molar-refractivity contribution in [1.82, 2.24) is 0 Å². The number of hydrogen-bond acceptors (Lipinski definition) is 5. The van der Waals surface area contributed by atoms with E-state index in [4.69, 9.17) is 4.42 Å². The second kappa shape index (κ2) is 7.37. The van der Waals surface area contributed by atoms with Crippen molar-refractivity contribution in [2.45, 2.75) is 4.90 Å². The van der Waals surface area contributed by atoms with Crippen molar-refractivity contribution in [3.8, 4) is 5.75 Å². The monoisotopic (exact) mass is 405 g/mol. The number of ketones is 1. The zero-order valence-corrected chi connectivity index (χ0v) is 15.8. The number of para-hydroxylation sites is 1. The molecule has 144 valence electrons. The minimum Gasteiger partial charge on any atom is -0.508 e. The quantitative estimate of drug-likeness (QED) is 0.523. The molecule has 1 heterocycles. The van der Waals surface area contributed by atoms with E-state index >= 15 is 0 Å². The number of benzene rings is 3. The number of hydrogen-bond donors (Lipinski definition) is 1. The second-order valence-corrected chi connectivity index (χ2v) is 7.85. The molecular weight excluding hydrogens is 390 g/mol. The molecule has 0 aliphatic heterocycles. The molecule has 0 fully saturated rings. The van der Waals surface area contributed by atoms with Gasteiger partial charge in [-0.1, -0.05) is 30.3 Å². The molecule has 7 heteroatoms. The van der Waals surface area contributed by atoms with Crippen molar-refractivity contribution in [3.63, 3.8) is 0 Å². The summed E-state index contributed by atoms with van der Waals surface area (Å²) in [5.41, 5.74) is 0.623. The van der Waals surface area contributed by atoms with Gasteiger partial charge < -0.3 is 9.52 Å². The minimum absolute atomic E-state index is 0.0293. The highest BCUT2D eigenvalue weighted by Crippen LogP contribution is 2.18. The molecule has 0 bridgehead atoms. The maximum absolute atomic E-state index is 12.8. The standard InChI is InChI=1S/C22H15NO5S/c24-16-12-10-15(11-13-16)22(25)21-14-19(18-8-4-5-9-20(18)28-21)23-29(26,27)17-6-2-1-3-7-17/h1-14,24H/b23-19+. The van der Waals surface area contributed by atoms with Gasteiger partial charge in [0.1, 0.15) is 11.3 Å². The fourth-order valence-electron chi connectivity index (χ4n) is 2.83. The van der Waals surface area contributed by atoms with E-state index in [0.717, 1.165) is 0 Å². The van der Waals surface area contributed by atoms with Gasteiger partial charge in [-0.2, -0.15) is 12.8 Å². The Morgan fingerprint density at radius 3 is 2.24 bits per heavy atom. The largest absolute Gasteiger partial charge is 0.508 e. The molecule has 0 atom stereocenters. The summed E-state index contributed by atoms with van der Waals surface area (Å²) < 4.78 is 35.1. The van der Waals surface area contributed by atoms with E-state index in [0.29, 0.717) is 16.5 Å². The second-order valence-electron chi connectivity index (χ2n) is 6.25. The number of carbonyl (C=O) groups excluding carboxylic acids is 1. The lowest BCUT2D eigenvalue weighted by Crippen LogP contribution is -2.12. The number of rotatable bonds is 4. The number of aromatic hydroxyl groups is 1. The highest BCUT2D eigenvalue weighted by Gasteiger charge is 2.16. The maximum atomic E-state index is 12.8. The van der Waals surface area contributed by atoms with Gasteiger partial charge in [0.15, 0.2) is 5.76 Å². The predicted octanol–water partition coefficient (Wildman–Crippen LogP) is 3.66. The molecule has 4 rings (SSSR count). The molecule has 29 heavy (non-hydrogen) atoms. The molecule has 0 aliphatic rings. The van der Waals surface area contributed by atoms with Crippen LogP contribution in [-0.4, -0.2) is 19.3 Å². The minimum atomic E-state index is -3.98. The lowest BCUT2D eigenvalue weighted by atomic mass is 10.1. The van der Waals surface area contributed by atoms with E-state index in [-0.39, 0.29) is 21.8 Å². The van der Waals surface area contributed by atoms with Crippen LogP contribution in [0.4, 0.5) is 0 Å². The highest BCUT2D eigenvalue weighted by atomic mass is 32.2. The van der Waals surface area contributed by atoms with E-state index in [2.05, 4.69) is 4.40 Å². The molecular formula is C22H15NO5S. The van der Waals surface area contributed by atoms with Crippen LogP contribution >= 0.6 is 0 Å². The number of fused-ring (bicyclic) bond motifs is 1. The Morgan fingerprint density at radius 2 is 1.52 bits per heavy atom. The third kappa shape index (κ3) is 3.81. The normalized spacial score (nSPS) is 12.2. The summed E-state index contributed by atoms with van der Waals surface area (Å²) in [6, 6.07) is 21.6. The summed E-state index contributed by atoms with van der Waals surface area (Å²) in [5.74, 6) is -0.484. The van der Waals surface area contributed by atoms with E-state index < -0.39 is 15.8 Å². The van der Waals surface area contributed by atoms with Crippen LogP contribution in [-0.2, 0) is 10.0 Å². The molecule has 0 spiro atoms. The summed E-state index contributed by atoms with van der Waals surface area (Å²) in [6.45, 7) is 0. The zero-order valence-electron chi connectivity index (χ0n) is 15.0. The first kappa shape index (κ1) is 18.6. The van der Waals surface area contributed by atoms with E-state index in [1.807, 2.05) is 0 Å². The first-order valence-corrected chi connectivity index (χ1v) is 10.1. The Balaban J connectivity index is 1.92. The molecule has 0 radical (unpaired) electrons. The van der Waals surface area contributed by atoms with Crippen LogP contribution in [0.5, 0.6) is 5.75 Å². The van der Waals surface area contributed by atoms with E-state index in [1.165, 1.54) is 42.5 Å². The van der Waals surface area contributed by atoms with Gasteiger partial charge in [0.2, 0.25) is 5.78 Å². The summed E-state index contributed by atoms with van der Waals surface area (Å²) >= 11 is 0. The fourth-order valence-corrected chi connectivity index (χ4v) is 3.85. The number of sulfonamides is 1. The Bertz CT molecular complexity index is 1370. The van der Waals surface area contributed by atoms with Crippen LogP contribution in [0, 0.1) is 0 Å². The predicted molar refractivity (Wildman–Crippen MR) is 107 cm³/mol. The first-order chi connectivity index (χ1) is 13.9. The summed E-state index contributed by atoms with van der Waals surface area (Å²) in [5, 5.41) is 9.99. The van der Waals surface area contributed by atoms with E-state index in [1.54, 1.807) is 42.5 Å². The Hall–Kier alpha value is -3.71. The molecule has 1 aromatic heterocycles. The molecule has 0 amide bonds. The van der Waals surface area contributed by atoms with Gasteiger partial charge in [-0.25, -0.2) is 0 Å². The topological polar surface area (TPSA) is 96.9 Å². The Kier molecular flexibility index (Phi) is 4.74. The molecule has 1 N–H and O–H groups in total. The molecule has 3 aromatic carbocycles. The van der Waals surface area contributed by atoms with Crippen LogP contribution < -0.4 is 5.36 Å². The lowest BCUT2D eigenvalue weighted by molar-refractivity contribution is 0.101. The average Bonchev–Trinajstić information content (AvgIpc) is 2.74. The van der Waals surface area contributed by atoms with Crippen LogP contribution in [0.3, 0.4) is 0 Å². The van der Waals surface area contributed by atoms with Gasteiger partial charge in [0.05, 0.1) is 10.3 Å². The van der Waals surface area contributed by atoms with Crippen molar-refractivity contribution in [1.29, 1.82) is 0 Å². The Labute approximate surface area is 166 Å². The van der Waals surface area contributed by atoms with E-state index in [9.17, 15) is 18.3 Å². The van der Waals surface area contributed by atoms with Gasteiger partial charge in [-0.15, -0.1) is 0 Å². The number of phenols is 1. The third-order valence-electron chi connectivity index (χ3n) is 4.26. The summed E-state index contributed by atoms with van der Waals surface area (Å²) in [7, 11) is -3.98. The maximum Gasteiger partial charge on any atom is 0.282 e. The molecule has 0 unspecified atom stereocenters. The van der Waals surface area contributed by atoms with Gasteiger partial charge in [-0.05, 0) is 48.5 Å². The first-order valence-electron chi connectivity index (χ1n) is 8.67. The van der Waals surface area contributed by atoms with Gasteiger partial charge >= 0.3 is 0 Å². The highest BCUT2D eigenvalue weighted by molar-refractivity contribution is 7.90. The summed E-state index contributed by atoms with van der Waals surface area (Å²) in [4.78, 5) is 12.9. The van der Waals surface area contributed by atoms with Crippen molar-refractivity contribution in [3.05, 3.63) is 102 Å². The van der Waals surface area contributed by atoms with Gasteiger partial charge in [-0.3, -0.25) is 4.79 Å². The molecule has 6 nitrogen and oxygen atoms in total. The fraction of sp³-hybridized carbons (Fsp3) is 0.